The molecular formula is C23H13BrClNO4. The van der Waals surface area contributed by atoms with Crippen LogP contribution in [0.2, 0.25) is 5.02 Å². The highest BCUT2D eigenvalue weighted by molar-refractivity contribution is 9.10. The quantitative estimate of drug-likeness (QED) is 0.379. The number of para-hydroxylation sites is 1. The van der Waals surface area contributed by atoms with Crippen LogP contribution in [-0.4, -0.2) is 11.7 Å². The topological polar surface area (TPSA) is 76.4 Å². The maximum Gasteiger partial charge on any atom is 0.262 e. The average Bonchev–Trinajstić information content (AvgIpc) is 2.75. The fourth-order valence-electron chi connectivity index (χ4n) is 3.03. The molecule has 1 aromatic heterocycles. The van der Waals surface area contributed by atoms with Crippen LogP contribution in [0.3, 0.4) is 0 Å². The predicted octanol–water partition coefficient (Wildman–Crippen LogP) is 5.69. The first-order valence-corrected chi connectivity index (χ1v) is 10.0. The van der Waals surface area contributed by atoms with Gasteiger partial charge in [-0.15, -0.1) is 0 Å². The molecule has 4 rings (SSSR count). The third kappa shape index (κ3) is 3.79. The van der Waals surface area contributed by atoms with Gasteiger partial charge in [0.2, 0.25) is 5.43 Å². The monoisotopic (exact) mass is 481 g/mol. The van der Waals surface area contributed by atoms with Gasteiger partial charge in [-0.3, -0.25) is 14.4 Å². The molecule has 1 heterocycles. The molecule has 3 aromatic carbocycles. The number of carbonyl (C=O) groups is 2. The molecule has 0 saturated carbocycles. The summed E-state index contributed by atoms with van der Waals surface area (Å²) in [4.78, 5) is 38.6. The normalized spacial score (nSPS) is 10.7. The van der Waals surface area contributed by atoms with Crippen molar-refractivity contribution < 1.29 is 14.0 Å². The molecule has 0 saturated heterocycles. The number of hydrogen-bond acceptors (Lipinski definition) is 4. The van der Waals surface area contributed by atoms with Gasteiger partial charge in [0.05, 0.1) is 16.1 Å². The molecule has 0 bridgehead atoms. The number of fused-ring (bicyclic) bond motifs is 1. The standard InChI is InChI=1S/C23H13BrClNO4/c24-13-9-10-19(16(11-13)21(27)14-5-1-3-7-18(14)25)26-23(29)17-12-30-20-8-4-2-6-15(20)22(17)28/h1-12H,(H,26,29). The van der Waals surface area contributed by atoms with Crippen molar-refractivity contribution in [3.63, 3.8) is 0 Å². The van der Waals surface area contributed by atoms with Gasteiger partial charge in [0, 0.05) is 15.6 Å². The maximum absolute atomic E-state index is 13.1. The Labute approximate surface area is 184 Å². The van der Waals surface area contributed by atoms with E-state index in [1.165, 1.54) is 0 Å². The number of ketones is 1. The van der Waals surface area contributed by atoms with E-state index in [-0.39, 0.29) is 22.6 Å². The summed E-state index contributed by atoms with van der Waals surface area (Å²) in [5, 5.41) is 3.25. The summed E-state index contributed by atoms with van der Waals surface area (Å²) < 4.78 is 6.07. The van der Waals surface area contributed by atoms with Crippen LogP contribution in [0.15, 0.2) is 86.7 Å². The minimum Gasteiger partial charge on any atom is -0.463 e. The van der Waals surface area contributed by atoms with Crippen LogP contribution in [0.5, 0.6) is 0 Å². The van der Waals surface area contributed by atoms with Crippen LogP contribution >= 0.6 is 27.5 Å². The van der Waals surface area contributed by atoms with Crippen molar-refractivity contribution in [3.05, 3.63) is 109 Å². The van der Waals surface area contributed by atoms with Crippen LogP contribution in [0.25, 0.3) is 11.0 Å². The number of halogens is 2. The van der Waals surface area contributed by atoms with Crippen molar-refractivity contribution in [2.24, 2.45) is 0 Å². The van der Waals surface area contributed by atoms with Crippen molar-refractivity contribution in [1.82, 2.24) is 0 Å². The van der Waals surface area contributed by atoms with Crippen LogP contribution in [-0.2, 0) is 0 Å². The number of amides is 1. The van der Waals surface area contributed by atoms with Gasteiger partial charge in [-0.25, -0.2) is 0 Å². The third-order valence-corrected chi connectivity index (χ3v) is 5.34. The molecule has 0 unspecified atom stereocenters. The van der Waals surface area contributed by atoms with Crippen LogP contribution < -0.4 is 10.7 Å². The summed E-state index contributed by atoms with van der Waals surface area (Å²) in [5.41, 5.74) is 0.560. The average molecular weight is 483 g/mol. The number of benzene rings is 3. The Kier molecular flexibility index (Phi) is 5.53. The predicted molar refractivity (Wildman–Crippen MR) is 119 cm³/mol. The molecule has 1 amide bonds. The molecule has 0 aliphatic heterocycles. The molecule has 0 aliphatic rings. The van der Waals surface area contributed by atoms with Crippen molar-refractivity contribution >= 4 is 55.9 Å². The smallest absolute Gasteiger partial charge is 0.262 e. The lowest BCUT2D eigenvalue weighted by Gasteiger charge is -2.12. The second-order valence-corrected chi connectivity index (χ2v) is 7.75. The first-order chi connectivity index (χ1) is 14.5. The summed E-state index contributed by atoms with van der Waals surface area (Å²) in [6.45, 7) is 0. The molecule has 7 heteroatoms. The molecule has 0 fully saturated rings. The zero-order chi connectivity index (χ0) is 21.3. The zero-order valence-corrected chi connectivity index (χ0v) is 17.7. The molecule has 0 aliphatic carbocycles. The molecule has 1 N–H and O–H groups in total. The highest BCUT2D eigenvalue weighted by Gasteiger charge is 2.20. The Morgan fingerprint density at radius 1 is 0.900 bits per heavy atom. The van der Waals surface area contributed by atoms with Crippen LogP contribution in [0.4, 0.5) is 5.69 Å². The summed E-state index contributed by atoms with van der Waals surface area (Å²) in [7, 11) is 0. The van der Waals surface area contributed by atoms with Gasteiger partial charge in [-0.1, -0.05) is 51.8 Å². The van der Waals surface area contributed by atoms with E-state index < -0.39 is 11.3 Å². The Balaban J connectivity index is 1.73. The molecule has 0 spiro atoms. The van der Waals surface area contributed by atoms with Gasteiger partial charge in [0.1, 0.15) is 17.4 Å². The lowest BCUT2D eigenvalue weighted by Crippen LogP contribution is -2.22. The van der Waals surface area contributed by atoms with Gasteiger partial charge in [-0.2, -0.15) is 0 Å². The van der Waals surface area contributed by atoms with Gasteiger partial charge in [0.15, 0.2) is 5.78 Å². The first kappa shape index (κ1) is 20.1. The Bertz CT molecular complexity index is 1360. The van der Waals surface area contributed by atoms with Gasteiger partial charge >= 0.3 is 0 Å². The SMILES string of the molecule is O=C(c1ccccc1Cl)c1cc(Br)ccc1NC(=O)c1coc2ccccc2c1=O. The van der Waals surface area contributed by atoms with Crippen molar-refractivity contribution in [1.29, 1.82) is 0 Å². The molecule has 148 valence electrons. The fourth-order valence-corrected chi connectivity index (χ4v) is 3.61. The van der Waals surface area contributed by atoms with E-state index >= 15 is 0 Å². The summed E-state index contributed by atoms with van der Waals surface area (Å²) in [6.07, 6.45) is 1.12. The Hall–Kier alpha value is -3.22. The van der Waals surface area contributed by atoms with Crippen molar-refractivity contribution in [3.8, 4) is 0 Å². The summed E-state index contributed by atoms with van der Waals surface area (Å²) >= 11 is 9.51. The second kappa shape index (κ2) is 8.26. The number of rotatable bonds is 4. The van der Waals surface area contributed by atoms with E-state index in [0.717, 1.165) is 6.26 Å². The number of hydrogen-bond donors (Lipinski definition) is 1. The zero-order valence-electron chi connectivity index (χ0n) is 15.3. The minimum absolute atomic E-state index is 0.159. The first-order valence-electron chi connectivity index (χ1n) is 8.86. The van der Waals surface area contributed by atoms with E-state index in [1.807, 2.05) is 0 Å². The van der Waals surface area contributed by atoms with E-state index in [1.54, 1.807) is 66.7 Å². The number of anilines is 1. The largest absolute Gasteiger partial charge is 0.463 e. The summed E-state index contributed by atoms with van der Waals surface area (Å²) in [5.74, 6) is -1.03. The molecular weight excluding hydrogens is 470 g/mol. The van der Waals surface area contributed by atoms with Gasteiger partial charge in [0.25, 0.3) is 5.91 Å². The van der Waals surface area contributed by atoms with Gasteiger partial charge < -0.3 is 9.73 Å². The summed E-state index contributed by atoms with van der Waals surface area (Å²) in [6, 6.07) is 18.2. The molecule has 30 heavy (non-hydrogen) atoms. The van der Waals surface area contributed by atoms with E-state index in [4.69, 9.17) is 16.0 Å². The highest BCUT2D eigenvalue weighted by atomic mass is 79.9. The van der Waals surface area contributed by atoms with E-state index in [2.05, 4.69) is 21.2 Å². The number of carbonyl (C=O) groups excluding carboxylic acids is 2. The molecule has 0 radical (unpaired) electrons. The molecule has 4 aromatic rings. The van der Waals surface area contributed by atoms with E-state index in [9.17, 15) is 14.4 Å². The molecule has 0 atom stereocenters. The van der Waals surface area contributed by atoms with Crippen LogP contribution in [0, 0.1) is 0 Å². The lowest BCUT2D eigenvalue weighted by atomic mass is 10.0. The van der Waals surface area contributed by atoms with Gasteiger partial charge in [-0.05, 0) is 42.5 Å². The second-order valence-electron chi connectivity index (χ2n) is 6.43. The maximum atomic E-state index is 13.1. The van der Waals surface area contributed by atoms with Crippen molar-refractivity contribution in [2.75, 3.05) is 5.32 Å². The fraction of sp³-hybridized carbons (Fsp3) is 0. The van der Waals surface area contributed by atoms with Crippen molar-refractivity contribution in [2.45, 2.75) is 0 Å². The lowest BCUT2D eigenvalue weighted by molar-refractivity contribution is 0.102. The van der Waals surface area contributed by atoms with E-state index in [0.29, 0.717) is 26.0 Å². The Morgan fingerprint density at radius 2 is 1.63 bits per heavy atom. The third-order valence-electron chi connectivity index (χ3n) is 4.52. The minimum atomic E-state index is -0.676. The number of nitrogens with one attached hydrogen (secondary N) is 1. The molecule has 5 nitrogen and oxygen atoms in total. The van der Waals surface area contributed by atoms with Crippen LogP contribution in [0.1, 0.15) is 26.3 Å². The highest BCUT2D eigenvalue weighted by Crippen LogP contribution is 2.27. The Morgan fingerprint density at radius 3 is 2.43 bits per heavy atom.